The molecule has 1 aromatic carbocycles. The van der Waals surface area contributed by atoms with Crippen LogP contribution in [0.15, 0.2) is 23.1 Å². The maximum Gasteiger partial charge on any atom is 0.124 e. The monoisotopic (exact) mass is 186 g/mol. The zero-order chi connectivity index (χ0) is 8.97. The number of thioether (sulfide) groups is 1. The molecule has 0 bridgehead atoms. The molecule has 0 aromatic heterocycles. The summed E-state index contributed by atoms with van der Waals surface area (Å²) >= 11 is 1.50. The molecule has 0 aliphatic heterocycles. The van der Waals surface area contributed by atoms with Gasteiger partial charge < -0.3 is 5.11 Å². The van der Waals surface area contributed by atoms with Gasteiger partial charge in [0.1, 0.15) is 5.82 Å². The van der Waals surface area contributed by atoms with Crippen LogP contribution in [0.3, 0.4) is 0 Å². The Balaban J connectivity index is 2.90. The highest BCUT2D eigenvalue weighted by Crippen LogP contribution is 2.18. The van der Waals surface area contributed by atoms with Gasteiger partial charge in [-0.1, -0.05) is 0 Å². The first-order valence-corrected chi connectivity index (χ1v) is 4.93. The molecule has 0 saturated heterocycles. The largest absolute Gasteiger partial charge is 0.396 e. The van der Waals surface area contributed by atoms with E-state index in [0.717, 1.165) is 10.5 Å². The lowest BCUT2D eigenvalue weighted by molar-refractivity contribution is 0.299. The lowest BCUT2D eigenvalue weighted by Crippen LogP contribution is -1.91. The number of hydrogen-bond acceptors (Lipinski definition) is 2. The predicted octanol–water partition coefficient (Wildman–Crippen LogP) is 2.08. The van der Waals surface area contributed by atoms with Crippen molar-refractivity contribution in [2.24, 2.45) is 0 Å². The van der Waals surface area contributed by atoms with Crippen molar-refractivity contribution in [3.05, 3.63) is 29.6 Å². The average molecular weight is 186 g/mol. The summed E-state index contributed by atoms with van der Waals surface area (Å²) in [7, 11) is 0. The fourth-order valence-electron chi connectivity index (χ4n) is 1.01. The molecule has 1 nitrogen and oxygen atoms in total. The van der Waals surface area contributed by atoms with Gasteiger partial charge in [0, 0.05) is 11.5 Å². The van der Waals surface area contributed by atoms with Crippen molar-refractivity contribution >= 4 is 11.8 Å². The third-order valence-electron chi connectivity index (χ3n) is 1.57. The zero-order valence-electron chi connectivity index (χ0n) is 6.88. The first-order valence-electron chi connectivity index (χ1n) is 3.70. The number of aliphatic hydroxyl groups is 1. The molecule has 0 atom stereocenters. The molecule has 12 heavy (non-hydrogen) atoms. The van der Waals surface area contributed by atoms with Gasteiger partial charge in [0.15, 0.2) is 0 Å². The van der Waals surface area contributed by atoms with Crippen LogP contribution < -0.4 is 0 Å². The molecule has 0 fully saturated rings. The van der Waals surface area contributed by atoms with Crippen LogP contribution in [-0.2, 0) is 6.42 Å². The summed E-state index contributed by atoms with van der Waals surface area (Å²) in [5.41, 5.74) is 0.849. The van der Waals surface area contributed by atoms with Crippen LogP contribution in [0.1, 0.15) is 5.56 Å². The molecule has 0 radical (unpaired) electrons. The van der Waals surface area contributed by atoms with E-state index in [9.17, 15) is 4.39 Å². The van der Waals surface area contributed by atoms with Gasteiger partial charge in [-0.2, -0.15) is 0 Å². The van der Waals surface area contributed by atoms with Crippen molar-refractivity contribution in [3.8, 4) is 0 Å². The topological polar surface area (TPSA) is 20.2 Å². The van der Waals surface area contributed by atoms with Crippen molar-refractivity contribution < 1.29 is 9.50 Å². The van der Waals surface area contributed by atoms with E-state index in [1.165, 1.54) is 23.9 Å². The molecule has 3 heteroatoms. The van der Waals surface area contributed by atoms with Gasteiger partial charge in [-0.15, -0.1) is 11.8 Å². The van der Waals surface area contributed by atoms with Gasteiger partial charge in [0.05, 0.1) is 0 Å². The number of hydrogen-bond donors (Lipinski definition) is 1. The summed E-state index contributed by atoms with van der Waals surface area (Å²) in [5, 5.41) is 8.64. The van der Waals surface area contributed by atoms with Crippen molar-refractivity contribution in [2.75, 3.05) is 12.9 Å². The van der Waals surface area contributed by atoms with E-state index < -0.39 is 0 Å². The molecule has 0 aliphatic rings. The van der Waals surface area contributed by atoms with Crippen molar-refractivity contribution in [3.63, 3.8) is 0 Å². The van der Waals surface area contributed by atoms with Crippen LogP contribution in [-0.4, -0.2) is 18.0 Å². The summed E-state index contributed by atoms with van der Waals surface area (Å²) < 4.78 is 12.8. The summed E-state index contributed by atoms with van der Waals surface area (Å²) in [4.78, 5) is 0.901. The van der Waals surface area contributed by atoms with E-state index in [2.05, 4.69) is 0 Å². The van der Waals surface area contributed by atoms with Crippen LogP contribution in [0, 0.1) is 5.82 Å². The second-order valence-corrected chi connectivity index (χ2v) is 3.35. The van der Waals surface area contributed by atoms with Crippen LogP contribution >= 0.6 is 11.8 Å². The molecule has 66 valence electrons. The molecule has 0 saturated carbocycles. The first-order chi connectivity index (χ1) is 5.76. The summed E-state index contributed by atoms with van der Waals surface area (Å²) in [6.45, 7) is 0.0667. The average Bonchev–Trinajstić information content (AvgIpc) is 2.04. The third kappa shape index (κ3) is 2.50. The zero-order valence-corrected chi connectivity index (χ0v) is 7.70. The second kappa shape index (κ2) is 4.48. The standard InChI is InChI=1S/C9H11FOS/c1-12-9-5-7(2-3-11)4-8(10)6-9/h4-6,11H,2-3H2,1H3. The Labute approximate surface area is 75.6 Å². The number of rotatable bonds is 3. The molecule has 0 unspecified atom stereocenters. The minimum Gasteiger partial charge on any atom is -0.396 e. The summed E-state index contributed by atoms with van der Waals surface area (Å²) in [6.07, 6.45) is 2.42. The van der Waals surface area contributed by atoms with Crippen LogP contribution in [0.5, 0.6) is 0 Å². The maximum absolute atomic E-state index is 12.8. The molecule has 0 heterocycles. The van der Waals surface area contributed by atoms with Gasteiger partial charge in [-0.25, -0.2) is 4.39 Å². The summed E-state index contributed by atoms with van der Waals surface area (Å²) in [5.74, 6) is -0.231. The van der Waals surface area contributed by atoms with Crippen LogP contribution in [0.4, 0.5) is 4.39 Å². The molecule has 1 rings (SSSR count). The van der Waals surface area contributed by atoms with Crippen LogP contribution in [0.2, 0.25) is 0 Å². The molecule has 0 aliphatic carbocycles. The van der Waals surface area contributed by atoms with Crippen molar-refractivity contribution in [2.45, 2.75) is 11.3 Å². The Kier molecular flexibility index (Phi) is 3.56. The Morgan fingerprint density at radius 3 is 2.75 bits per heavy atom. The highest BCUT2D eigenvalue weighted by atomic mass is 32.2. The molecular weight excluding hydrogens is 175 g/mol. The van der Waals surface area contributed by atoms with Gasteiger partial charge in [0.2, 0.25) is 0 Å². The first kappa shape index (κ1) is 9.55. The second-order valence-electron chi connectivity index (χ2n) is 2.47. The van der Waals surface area contributed by atoms with E-state index >= 15 is 0 Å². The van der Waals surface area contributed by atoms with Crippen LogP contribution in [0.25, 0.3) is 0 Å². The molecular formula is C9H11FOS. The van der Waals surface area contributed by atoms with Gasteiger partial charge >= 0.3 is 0 Å². The highest BCUT2D eigenvalue weighted by molar-refractivity contribution is 7.98. The Bertz CT molecular complexity index is 263. The Hall–Kier alpha value is -0.540. The lowest BCUT2D eigenvalue weighted by Gasteiger charge is -2.01. The molecule has 0 amide bonds. The van der Waals surface area contributed by atoms with Crippen molar-refractivity contribution in [1.82, 2.24) is 0 Å². The van der Waals surface area contributed by atoms with Gasteiger partial charge in [-0.05, 0) is 36.4 Å². The highest BCUT2D eigenvalue weighted by Gasteiger charge is 1.98. The van der Waals surface area contributed by atoms with Gasteiger partial charge in [-0.3, -0.25) is 0 Å². The lowest BCUT2D eigenvalue weighted by atomic mass is 10.1. The van der Waals surface area contributed by atoms with E-state index in [1.54, 1.807) is 0 Å². The minimum atomic E-state index is -0.231. The van der Waals surface area contributed by atoms with E-state index in [-0.39, 0.29) is 12.4 Å². The Morgan fingerprint density at radius 2 is 2.17 bits per heavy atom. The number of halogens is 1. The summed E-state index contributed by atoms with van der Waals surface area (Å²) in [6, 6.07) is 4.84. The normalized spacial score (nSPS) is 10.2. The van der Waals surface area contributed by atoms with Crippen molar-refractivity contribution in [1.29, 1.82) is 0 Å². The fraction of sp³-hybridized carbons (Fsp3) is 0.333. The fourth-order valence-corrected chi connectivity index (χ4v) is 1.51. The number of benzene rings is 1. The molecule has 0 spiro atoms. The van der Waals surface area contributed by atoms with E-state index in [4.69, 9.17) is 5.11 Å². The molecule has 1 N–H and O–H groups in total. The third-order valence-corrected chi connectivity index (χ3v) is 2.27. The molecule has 1 aromatic rings. The smallest absolute Gasteiger partial charge is 0.124 e. The maximum atomic E-state index is 12.8. The van der Waals surface area contributed by atoms with E-state index in [1.807, 2.05) is 12.3 Å². The minimum absolute atomic E-state index is 0.0667. The quantitative estimate of drug-likeness (QED) is 0.729. The Morgan fingerprint density at radius 1 is 1.42 bits per heavy atom. The number of aliphatic hydroxyl groups excluding tert-OH is 1. The predicted molar refractivity (Wildman–Crippen MR) is 49.0 cm³/mol. The van der Waals surface area contributed by atoms with Gasteiger partial charge in [0.25, 0.3) is 0 Å². The van der Waals surface area contributed by atoms with E-state index in [0.29, 0.717) is 6.42 Å². The SMILES string of the molecule is CSc1cc(F)cc(CCO)c1.